The number of rotatable bonds is 1. The first-order chi connectivity index (χ1) is 5.41. The van der Waals surface area contributed by atoms with Crippen molar-refractivity contribution in [3.63, 3.8) is 0 Å². The lowest BCUT2D eigenvalue weighted by molar-refractivity contribution is 0.151. The zero-order valence-electron chi connectivity index (χ0n) is 7.83. The molecule has 1 atom stereocenters. The molecule has 1 heterocycles. The summed E-state index contributed by atoms with van der Waals surface area (Å²) in [6, 6.07) is 0. The zero-order valence-corrected chi connectivity index (χ0v) is 7.83. The van der Waals surface area contributed by atoms with Gasteiger partial charge in [-0.2, -0.15) is 4.98 Å². The first-order valence-corrected chi connectivity index (χ1v) is 3.93. The number of hydrogen-bond acceptors (Lipinski definition) is 4. The van der Waals surface area contributed by atoms with Crippen molar-refractivity contribution in [3.05, 3.63) is 11.7 Å². The Morgan fingerprint density at radius 3 is 2.25 bits per heavy atom. The van der Waals surface area contributed by atoms with Gasteiger partial charge in [-0.3, -0.25) is 0 Å². The Morgan fingerprint density at radius 2 is 2.00 bits per heavy atom. The Balaban J connectivity index is 2.92. The van der Waals surface area contributed by atoms with Crippen LogP contribution >= 0.6 is 0 Å². The molecule has 0 aromatic carbocycles. The quantitative estimate of drug-likeness (QED) is 0.692. The molecule has 0 spiro atoms. The standard InChI is InChI=1S/C8H14N2O2/c1-5(11)6-9-7(10-12-6)8(2,3)4/h5,11H,1-4H3/t5-/m0/s1. The van der Waals surface area contributed by atoms with Gasteiger partial charge in [0.25, 0.3) is 5.89 Å². The summed E-state index contributed by atoms with van der Waals surface area (Å²) in [5.41, 5.74) is -0.128. The second-order valence-corrected chi connectivity index (χ2v) is 3.88. The molecule has 1 N–H and O–H groups in total. The van der Waals surface area contributed by atoms with Crippen molar-refractivity contribution in [2.75, 3.05) is 0 Å². The summed E-state index contributed by atoms with van der Waals surface area (Å²) in [6.45, 7) is 7.57. The molecule has 12 heavy (non-hydrogen) atoms. The third-order valence-corrected chi connectivity index (χ3v) is 1.47. The van der Waals surface area contributed by atoms with Gasteiger partial charge in [0.15, 0.2) is 5.82 Å². The van der Waals surface area contributed by atoms with Gasteiger partial charge in [0.05, 0.1) is 0 Å². The van der Waals surface area contributed by atoms with E-state index in [-0.39, 0.29) is 11.3 Å². The van der Waals surface area contributed by atoms with Crippen LogP contribution in [0.2, 0.25) is 0 Å². The number of aliphatic hydroxyl groups excluding tert-OH is 1. The minimum absolute atomic E-state index is 0.128. The average molecular weight is 170 g/mol. The molecule has 0 saturated heterocycles. The van der Waals surface area contributed by atoms with Crippen LogP contribution in [-0.4, -0.2) is 15.2 Å². The monoisotopic (exact) mass is 170 g/mol. The highest BCUT2D eigenvalue weighted by atomic mass is 16.5. The minimum atomic E-state index is -0.686. The molecule has 1 rings (SSSR count). The van der Waals surface area contributed by atoms with Gasteiger partial charge in [-0.25, -0.2) is 0 Å². The van der Waals surface area contributed by atoms with Crippen molar-refractivity contribution in [2.45, 2.75) is 39.2 Å². The molecular formula is C8H14N2O2. The Bertz CT molecular complexity index is 260. The van der Waals surface area contributed by atoms with Crippen LogP contribution in [-0.2, 0) is 5.41 Å². The molecule has 0 fully saturated rings. The van der Waals surface area contributed by atoms with E-state index in [0.29, 0.717) is 5.82 Å². The van der Waals surface area contributed by atoms with Gasteiger partial charge in [0.2, 0.25) is 0 Å². The molecule has 0 aliphatic rings. The third kappa shape index (κ3) is 1.82. The predicted octanol–water partition coefficient (Wildman–Crippen LogP) is 1.42. The fraction of sp³-hybridized carbons (Fsp3) is 0.750. The lowest BCUT2D eigenvalue weighted by atomic mass is 9.96. The summed E-state index contributed by atoms with van der Waals surface area (Å²) < 4.78 is 4.84. The van der Waals surface area contributed by atoms with Crippen molar-refractivity contribution < 1.29 is 9.63 Å². The summed E-state index contributed by atoms with van der Waals surface area (Å²) in [4.78, 5) is 4.05. The van der Waals surface area contributed by atoms with Crippen molar-refractivity contribution in [1.82, 2.24) is 10.1 Å². The zero-order chi connectivity index (χ0) is 9.35. The normalized spacial score (nSPS) is 14.8. The van der Waals surface area contributed by atoms with Gasteiger partial charge >= 0.3 is 0 Å². The number of aliphatic hydroxyl groups is 1. The van der Waals surface area contributed by atoms with Crippen LogP contribution in [0.3, 0.4) is 0 Å². The van der Waals surface area contributed by atoms with Crippen LogP contribution in [0, 0.1) is 0 Å². The third-order valence-electron chi connectivity index (χ3n) is 1.47. The average Bonchev–Trinajstić information content (AvgIpc) is 2.30. The second-order valence-electron chi connectivity index (χ2n) is 3.88. The molecule has 0 amide bonds. The van der Waals surface area contributed by atoms with Crippen molar-refractivity contribution >= 4 is 0 Å². The van der Waals surface area contributed by atoms with Crippen LogP contribution in [0.15, 0.2) is 4.52 Å². The highest BCUT2D eigenvalue weighted by molar-refractivity contribution is 5.00. The first-order valence-electron chi connectivity index (χ1n) is 3.93. The fourth-order valence-electron chi connectivity index (χ4n) is 0.710. The maximum absolute atomic E-state index is 9.11. The highest BCUT2D eigenvalue weighted by Gasteiger charge is 2.22. The summed E-state index contributed by atoms with van der Waals surface area (Å²) in [5, 5.41) is 12.9. The molecule has 0 radical (unpaired) electrons. The van der Waals surface area contributed by atoms with E-state index in [1.54, 1.807) is 6.92 Å². The van der Waals surface area contributed by atoms with Gasteiger partial charge in [-0.15, -0.1) is 0 Å². The summed E-state index contributed by atoms with van der Waals surface area (Å²) in [6.07, 6.45) is -0.686. The topological polar surface area (TPSA) is 59.2 Å². The van der Waals surface area contributed by atoms with Gasteiger partial charge in [0, 0.05) is 5.41 Å². The van der Waals surface area contributed by atoms with Gasteiger partial charge in [0.1, 0.15) is 6.10 Å². The number of hydrogen-bond donors (Lipinski definition) is 1. The molecule has 0 unspecified atom stereocenters. The molecule has 0 saturated carbocycles. The van der Waals surface area contributed by atoms with Crippen LogP contribution in [0.4, 0.5) is 0 Å². The molecule has 1 aromatic rings. The van der Waals surface area contributed by atoms with E-state index in [1.807, 2.05) is 20.8 Å². The minimum Gasteiger partial charge on any atom is -0.384 e. The van der Waals surface area contributed by atoms with E-state index in [4.69, 9.17) is 9.63 Å². The van der Waals surface area contributed by atoms with E-state index in [9.17, 15) is 0 Å². The summed E-state index contributed by atoms with van der Waals surface area (Å²) >= 11 is 0. The Morgan fingerprint density at radius 1 is 1.42 bits per heavy atom. The van der Waals surface area contributed by atoms with Crippen molar-refractivity contribution in [1.29, 1.82) is 0 Å². The van der Waals surface area contributed by atoms with Crippen LogP contribution < -0.4 is 0 Å². The van der Waals surface area contributed by atoms with Gasteiger partial charge < -0.3 is 9.63 Å². The maximum atomic E-state index is 9.11. The number of aromatic nitrogens is 2. The van der Waals surface area contributed by atoms with Gasteiger partial charge in [-0.05, 0) is 6.92 Å². The van der Waals surface area contributed by atoms with Gasteiger partial charge in [-0.1, -0.05) is 25.9 Å². The van der Waals surface area contributed by atoms with E-state index >= 15 is 0 Å². The van der Waals surface area contributed by atoms with Crippen molar-refractivity contribution in [2.24, 2.45) is 0 Å². The molecule has 0 aliphatic heterocycles. The van der Waals surface area contributed by atoms with Crippen LogP contribution in [0.25, 0.3) is 0 Å². The lowest BCUT2D eigenvalue weighted by Crippen LogP contribution is -2.13. The summed E-state index contributed by atoms with van der Waals surface area (Å²) in [5.74, 6) is 0.901. The Hall–Kier alpha value is -0.900. The summed E-state index contributed by atoms with van der Waals surface area (Å²) in [7, 11) is 0. The van der Waals surface area contributed by atoms with Crippen molar-refractivity contribution in [3.8, 4) is 0 Å². The fourth-order valence-corrected chi connectivity index (χ4v) is 0.710. The molecule has 1 aromatic heterocycles. The molecular weight excluding hydrogens is 156 g/mol. The maximum Gasteiger partial charge on any atom is 0.255 e. The molecule has 0 bridgehead atoms. The van der Waals surface area contributed by atoms with Crippen LogP contribution in [0.5, 0.6) is 0 Å². The van der Waals surface area contributed by atoms with Crippen LogP contribution in [0.1, 0.15) is 45.5 Å². The number of nitrogens with zero attached hydrogens (tertiary/aromatic N) is 2. The van der Waals surface area contributed by atoms with E-state index < -0.39 is 6.10 Å². The smallest absolute Gasteiger partial charge is 0.255 e. The predicted molar refractivity (Wildman–Crippen MR) is 43.6 cm³/mol. The molecule has 4 nitrogen and oxygen atoms in total. The lowest BCUT2D eigenvalue weighted by Gasteiger charge is -2.10. The van der Waals surface area contributed by atoms with E-state index in [1.165, 1.54) is 0 Å². The van der Waals surface area contributed by atoms with E-state index in [0.717, 1.165) is 0 Å². The highest BCUT2D eigenvalue weighted by Crippen LogP contribution is 2.20. The largest absolute Gasteiger partial charge is 0.384 e. The second kappa shape index (κ2) is 2.86. The molecule has 0 aliphatic carbocycles. The first kappa shape index (κ1) is 9.19. The van der Waals surface area contributed by atoms with E-state index in [2.05, 4.69) is 10.1 Å². The molecule has 4 heteroatoms. The Kier molecular flexibility index (Phi) is 2.19. The SMILES string of the molecule is C[C@H](O)c1nc(C(C)(C)C)no1. The molecule has 68 valence electrons. The Labute approximate surface area is 71.6 Å².